The van der Waals surface area contributed by atoms with Crippen LogP contribution in [-0.4, -0.2) is 23.6 Å². The first-order valence-electron chi connectivity index (χ1n) is 13.6. The quantitative estimate of drug-likeness (QED) is 0.339. The summed E-state index contributed by atoms with van der Waals surface area (Å²) in [6.07, 6.45) is 17.0. The van der Waals surface area contributed by atoms with Crippen LogP contribution in [0.25, 0.3) is 0 Å². The number of carbonyl (C=O) groups excluding carboxylic acids is 2. The maximum Gasteiger partial charge on any atom is 0.309 e. The Kier molecular flexibility index (Phi) is 4.45. The van der Waals surface area contributed by atoms with E-state index in [1.165, 1.54) is 32.1 Å². The van der Waals surface area contributed by atoms with Crippen molar-refractivity contribution in [3.05, 3.63) is 12.2 Å². The third-order valence-corrected chi connectivity index (χ3v) is 11.2. The molecule has 11 unspecified atom stereocenters. The Labute approximate surface area is 191 Å². The van der Waals surface area contributed by atoms with Gasteiger partial charge in [-0.15, -0.1) is 0 Å². The van der Waals surface area contributed by atoms with Gasteiger partial charge in [-0.2, -0.15) is 0 Å². The molecule has 6 bridgehead atoms. The Morgan fingerprint density at radius 1 is 0.781 bits per heavy atom. The summed E-state index contributed by atoms with van der Waals surface area (Å²) >= 11 is 0. The minimum absolute atomic E-state index is 0.0845. The lowest BCUT2D eigenvalue weighted by Crippen LogP contribution is -2.43. The minimum atomic E-state index is -0.223. The number of esters is 2. The average Bonchev–Trinajstić information content (AvgIpc) is 3.60. The van der Waals surface area contributed by atoms with Crippen molar-refractivity contribution in [3.63, 3.8) is 0 Å². The number of rotatable bonds is 4. The Morgan fingerprint density at radius 2 is 1.53 bits per heavy atom. The molecule has 7 aliphatic rings. The first-order valence-corrected chi connectivity index (χ1v) is 13.6. The molecule has 174 valence electrons. The number of carbonyl (C=O) groups is 2. The van der Waals surface area contributed by atoms with Crippen LogP contribution in [0.2, 0.25) is 0 Å². The van der Waals surface area contributed by atoms with Crippen molar-refractivity contribution >= 4 is 11.9 Å². The molecular weight excluding hydrogens is 400 g/mol. The van der Waals surface area contributed by atoms with Gasteiger partial charge in [-0.25, -0.2) is 0 Å². The third kappa shape index (κ3) is 2.92. The van der Waals surface area contributed by atoms with Crippen LogP contribution in [0, 0.1) is 59.2 Å². The molecule has 0 saturated heterocycles. The van der Waals surface area contributed by atoms with Crippen LogP contribution in [0.3, 0.4) is 0 Å². The predicted octanol–water partition coefficient (Wildman–Crippen LogP) is 5.30. The lowest BCUT2D eigenvalue weighted by atomic mass is 9.66. The summed E-state index contributed by atoms with van der Waals surface area (Å²) < 4.78 is 12.4. The van der Waals surface area contributed by atoms with Crippen molar-refractivity contribution in [2.24, 2.45) is 59.2 Å². The zero-order chi connectivity index (χ0) is 21.6. The minimum Gasteiger partial charge on any atom is -0.462 e. The van der Waals surface area contributed by atoms with Gasteiger partial charge in [0.05, 0.1) is 11.8 Å². The molecule has 11 atom stereocenters. The van der Waals surface area contributed by atoms with Crippen molar-refractivity contribution in [1.82, 2.24) is 0 Å². The van der Waals surface area contributed by atoms with E-state index in [2.05, 4.69) is 19.1 Å². The van der Waals surface area contributed by atoms with Gasteiger partial charge in [0.1, 0.15) is 11.7 Å². The van der Waals surface area contributed by atoms with E-state index < -0.39 is 0 Å². The van der Waals surface area contributed by atoms with Crippen molar-refractivity contribution in [2.75, 3.05) is 0 Å². The highest BCUT2D eigenvalue weighted by molar-refractivity contribution is 5.75. The fraction of sp³-hybridized carbons (Fsp3) is 0.857. The van der Waals surface area contributed by atoms with Gasteiger partial charge < -0.3 is 9.47 Å². The third-order valence-electron chi connectivity index (χ3n) is 11.2. The first kappa shape index (κ1) is 20.1. The molecular formula is C28H38O4. The van der Waals surface area contributed by atoms with Crippen LogP contribution in [0.4, 0.5) is 0 Å². The Morgan fingerprint density at radius 3 is 2.28 bits per heavy atom. The maximum absolute atomic E-state index is 13.2. The van der Waals surface area contributed by atoms with Gasteiger partial charge in [-0.05, 0) is 118 Å². The van der Waals surface area contributed by atoms with E-state index in [9.17, 15) is 9.59 Å². The summed E-state index contributed by atoms with van der Waals surface area (Å²) in [6.45, 7) is 2.16. The van der Waals surface area contributed by atoms with E-state index in [1.807, 2.05) is 0 Å². The van der Waals surface area contributed by atoms with Gasteiger partial charge in [-0.1, -0.05) is 18.6 Å². The molecule has 0 radical (unpaired) electrons. The molecule has 0 spiro atoms. The lowest BCUT2D eigenvalue weighted by molar-refractivity contribution is -0.170. The van der Waals surface area contributed by atoms with E-state index in [0.29, 0.717) is 47.3 Å². The van der Waals surface area contributed by atoms with E-state index in [-0.39, 0.29) is 35.5 Å². The molecule has 0 heterocycles. The van der Waals surface area contributed by atoms with Gasteiger partial charge >= 0.3 is 11.9 Å². The van der Waals surface area contributed by atoms with Crippen LogP contribution < -0.4 is 0 Å². The molecule has 0 amide bonds. The van der Waals surface area contributed by atoms with Crippen LogP contribution in [0.15, 0.2) is 12.2 Å². The van der Waals surface area contributed by atoms with Crippen molar-refractivity contribution in [1.29, 1.82) is 0 Å². The van der Waals surface area contributed by atoms with Gasteiger partial charge in [0.2, 0.25) is 0 Å². The number of hydrogen-bond acceptors (Lipinski definition) is 4. The van der Waals surface area contributed by atoms with E-state index in [0.717, 1.165) is 38.5 Å². The zero-order valence-corrected chi connectivity index (χ0v) is 19.4. The van der Waals surface area contributed by atoms with Crippen molar-refractivity contribution in [2.45, 2.75) is 89.3 Å². The molecule has 0 aromatic heterocycles. The summed E-state index contributed by atoms with van der Waals surface area (Å²) in [4.78, 5) is 26.2. The molecule has 7 aliphatic carbocycles. The monoisotopic (exact) mass is 438 g/mol. The average molecular weight is 439 g/mol. The normalized spacial score (nSPS) is 51.2. The molecule has 0 aromatic rings. The fourth-order valence-electron chi connectivity index (χ4n) is 9.95. The molecule has 4 nitrogen and oxygen atoms in total. The SMILES string of the molecule is CC1(OC(=O)C2CC3CC2C2C4CC(OC(=O)C5CC6C=CC5C6)C(C4)C32)CCCCC1. The molecule has 4 heteroatoms. The summed E-state index contributed by atoms with van der Waals surface area (Å²) in [5.74, 6) is 5.19. The summed E-state index contributed by atoms with van der Waals surface area (Å²) in [5, 5.41) is 0. The van der Waals surface area contributed by atoms with Crippen molar-refractivity contribution in [3.8, 4) is 0 Å². The number of allylic oxidation sites excluding steroid dienone is 2. The van der Waals surface area contributed by atoms with E-state index in [1.54, 1.807) is 0 Å². The van der Waals surface area contributed by atoms with E-state index in [4.69, 9.17) is 9.47 Å². The van der Waals surface area contributed by atoms with Crippen LogP contribution in [0.1, 0.15) is 77.6 Å². The van der Waals surface area contributed by atoms with Gasteiger partial charge in [-0.3, -0.25) is 9.59 Å². The van der Waals surface area contributed by atoms with Gasteiger partial charge in [0.25, 0.3) is 0 Å². The number of fused-ring (bicyclic) bond motifs is 11. The lowest BCUT2D eigenvalue weighted by Gasteiger charge is -2.42. The van der Waals surface area contributed by atoms with Gasteiger partial charge in [0, 0.05) is 0 Å². The number of ether oxygens (including phenoxy) is 2. The molecule has 0 N–H and O–H groups in total. The molecule has 6 fully saturated rings. The Balaban J connectivity index is 1.00. The predicted molar refractivity (Wildman–Crippen MR) is 119 cm³/mol. The molecule has 6 saturated carbocycles. The van der Waals surface area contributed by atoms with Crippen LogP contribution >= 0.6 is 0 Å². The smallest absolute Gasteiger partial charge is 0.309 e. The second-order valence-electron chi connectivity index (χ2n) is 12.8. The molecule has 0 aliphatic heterocycles. The summed E-state index contributed by atoms with van der Waals surface area (Å²) in [6, 6.07) is 0. The molecule has 0 aromatic carbocycles. The Bertz CT molecular complexity index is 840. The van der Waals surface area contributed by atoms with Crippen molar-refractivity contribution < 1.29 is 19.1 Å². The summed E-state index contributed by atoms with van der Waals surface area (Å²) in [7, 11) is 0. The summed E-state index contributed by atoms with van der Waals surface area (Å²) in [5.41, 5.74) is -0.223. The van der Waals surface area contributed by atoms with Crippen LogP contribution in [-0.2, 0) is 19.1 Å². The second-order valence-corrected chi connectivity index (χ2v) is 12.8. The highest BCUT2D eigenvalue weighted by Gasteiger charge is 2.67. The maximum atomic E-state index is 13.2. The topological polar surface area (TPSA) is 52.6 Å². The highest BCUT2D eigenvalue weighted by Crippen LogP contribution is 2.69. The largest absolute Gasteiger partial charge is 0.462 e. The zero-order valence-electron chi connectivity index (χ0n) is 19.4. The second kappa shape index (κ2) is 7.09. The van der Waals surface area contributed by atoms with Gasteiger partial charge in [0.15, 0.2) is 0 Å². The fourth-order valence-corrected chi connectivity index (χ4v) is 9.95. The van der Waals surface area contributed by atoms with E-state index >= 15 is 0 Å². The first-order chi connectivity index (χ1) is 15.5. The standard InChI is InChI=1S/C28H38O4/c1-28(7-3-2-4-8-28)32-27(30)21-12-17-11-20(21)24-18-13-22(25(17)24)23(14-18)31-26(29)19-10-15-5-6-16(19)9-15/h5-6,15-25H,2-4,7-14H2,1H3. The molecule has 7 rings (SSSR count). The number of hydrogen-bond donors (Lipinski definition) is 0. The Hall–Kier alpha value is -1.32. The highest BCUT2D eigenvalue weighted by atomic mass is 16.6. The van der Waals surface area contributed by atoms with Crippen LogP contribution in [0.5, 0.6) is 0 Å². The molecule has 32 heavy (non-hydrogen) atoms.